The van der Waals surface area contributed by atoms with Crippen LogP contribution in [-0.2, 0) is 23.1 Å². The molecule has 0 aliphatic heterocycles. The predicted octanol–water partition coefficient (Wildman–Crippen LogP) is 4.15. The van der Waals surface area contributed by atoms with Crippen molar-refractivity contribution < 1.29 is 8.63 Å². The van der Waals surface area contributed by atoms with Crippen LogP contribution in [0.5, 0.6) is 0 Å². The van der Waals surface area contributed by atoms with Crippen LogP contribution in [0.15, 0.2) is 39.6 Å². The maximum Gasteiger partial charge on any atom is 0.118 e. The molecular formula is C15H15Cl2NO2S. The fourth-order valence-electron chi connectivity index (χ4n) is 1.96. The fourth-order valence-corrected chi connectivity index (χ4v) is 3.37. The van der Waals surface area contributed by atoms with Gasteiger partial charge in [-0.25, -0.2) is 0 Å². The normalized spacial score (nSPS) is 16.1. The lowest BCUT2D eigenvalue weighted by Crippen LogP contribution is -2.14. The Labute approximate surface area is 136 Å². The first kappa shape index (κ1) is 15.1. The summed E-state index contributed by atoms with van der Waals surface area (Å²) in [5, 5.41) is 4.26. The van der Waals surface area contributed by atoms with Gasteiger partial charge >= 0.3 is 0 Å². The van der Waals surface area contributed by atoms with Crippen molar-refractivity contribution in [2.24, 2.45) is 0 Å². The highest BCUT2D eigenvalue weighted by molar-refractivity contribution is 7.84. The van der Waals surface area contributed by atoms with Gasteiger partial charge in [-0.05, 0) is 43.2 Å². The summed E-state index contributed by atoms with van der Waals surface area (Å²) in [6, 6.07) is 9.46. The SMILES string of the molecule is O=S(Cc1ccc(CNC2CC2)o1)c1ccc(Cl)c(Cl)c1. The van der Waals surface area contributed by atoms with E-state index < -0.39 is 10.8 Å². The summed E-state index contributed by atoms with van der Waals surface area (Å²) in [5.41, 5.74) is 0. The van der Waals surface area contributed by atoms with E-state index in [1.54, 1.807) is 18.2 Å². The molecule has 21 heavy (non-hydrogen) atoms. The Morgan fingerprint density at radius 3 is 2.62 bits per heavy atom. The highest BCUT2D eigenvalue weighted by Crippen LogP contribution is 2.25. The van der Waals surface area contributed by atoms with Gasteiger partial charge in [0.15, 0.2) is 0 Å². The van der Waals surface area contributed by atoms with E-state index in [4.69, 9.17) is 27.6 Å². The molecule has 1 aliphatic rings. The Morgan fingerprint density at radius 2 is 1.90 bits per heavy atom. The van der Waals surface area contributed by atoms with Crippen molar-refractivity contribution in [2.75, 3.05) is 0 Å². The lowest BCUT2D eigenvalue weighted by Gasteiger charge is -2.03. The Kier molecular flexibility index (Phi) is 4.69. The number of nitrogens with one attached hydrogen (secondary N) is 1. The van der Waals surface area contributed by atoms with Crippen LogP contribution < -0.4 is 5.32 Å². The number of hydrogen-bond donors (Lipinski definition) is 1. The van der Waals surface area contributed by atoms with Gasteiger partial charge in [0.1, 0.15) is 11.5 Å². The van der Waals surface area contributed by atoms with Gasteiger partial charge in [-0.15, -0.1) is 0 Å². The van der Waals surface area contributed by atoms with Gasteiger partial charge in [0, 0.05) is 10.9 Å². The Bertz CT molecular complexity index is 667. The molecule has 0 amide bonds. The molecule has 0 radical (unpaired) electrons. The van der Waals surface area contributed by atoms with Crippen molar-refractivity contribution in [2.45, 2.75) is 36.1 Å². The topological polar surface area (TPSA) is 42.2 Å². The van der Waals surface area contributed by atoms with Gasteiger partial charge in [-0.2, -0.15) is 0 Å². The van der Waals surface area contributed by atoms with Gasteiger partial charge in [0.05, 0.1) is 33.1 Å². The summed E-state index contributed by atoms with van der Waals surface area (Å²) in [6.07, 6.45) is 2.49. The van der Waals surface area contributed by atoms with Crippen molar-refractivity contribution in [1.29, 1.82) is 0 Å². The highest BCUT2D eigenvalue weighted by atomic mass is 35.5. The fraction of sp³-hybridized carbons (Fsp3) is 0.333. The van der Waals surface area contributed by atoms with Crippen LogP contribution in [0, 0.1) is 0 Å². The molecule has 3 nitrogen and oxygen atoms in total. The van der Waals surface area contributed by atoms with Crippen LogP contribution in [0.1, 0.15) is 24.4 Å². The van der Waals surface area contributed by atoms with Gasteiger partial charge in [0.25, 0.3) is 0 Å². The molecule has 6 heteroatoms. The third-order valence-electron chi connectivity index (χ3n) is 3.29. The molecule has 1 heterocycles. The second-order valence-corrected chi connectivity index (χ2v) is 7.35. The summed E-state index contributed by atoms with van der Waals surface area (Å²) >= 11 is 11.8. The first-order chi connectivity index (χ1) is 10.1. The van der Waals surface area contributed by atoms with Gasteiger partial charge in [-0.1, -0.05) is 23.2 Å². The maximum atomic E-state index is 12.3. The van der Waals surface area contributed by atoms with Crippen LogP contribution in [0.25, 0.3) is 0 Å². The molecule has 2 aromatic rings. The zero-order valence-corrected chi connectivity index (χ0v) is 13.6. The first-order valence-corrected chi connectivity index (χ1v) is 8.84. The molecule has 1 saturated carbocycles. The molecule has 1 aromatic carbocycles. The largest absolute Gasteiger partial charge is 0.464 e. The van der Waals surface area contributed by atoms with E-state index in [1.807, 2.05) is 12.1 Å². The van der Waals surface area contributed by atoms with Crippen molar-refractivity contribution in [1.82, 2.24) is 5.32 Å². The average Bonchev–Trinajstić information content (AvgIpc) is 3.19. The molecule has 1 atom stereocenters. The highest BCUT2D eigenvalue weighted by Gasteiger charge is 2.20. The quantitative estimate of drug-likeness (QED) is 0.856. The third-order valence-corrected chi connectivity index (χ3v) is 5.35. The summed E-state index contributed by atoms with van der Waals surface area (Å²) in [7, 11) is -1.20. The zero-order chi connectivity index (χ0) is 14.8. The molecule has 1 unspecified atom stereocenters. The first-order valence-electron chi connectivity index (χ1n) is 6.76. The van der Waals surface area contributed by atoms with E-state index in [1.165, 1.54) is 12.8 Å². The lowest BCUT2D eigenvalue weighted by atomic mass is 10.4. The number of halogens is 2. The van der Waals surface area contributed by atoms with Crippen molar-refractivity contribution in [3.63, 3.8) is 0 Å². The van der Waals surface area contributed by atoms with Crippen molar-refractivity contribution >= 4 is 34.0 Å². The van der Waals surface area contributed by atoms with Gasteiger partial charge in [-0.3, -0.25) is 4.21 Å². The van der Waals surface area contributed by atoms with E-state index in [-0.39, 0.29) is 0 Å². The molecular weight excluding hydrogens is 329 g/mol. The van der Waals surface area contributed by atoms with Crippen LogP contribution in [-0.4, -0.2) is 10.3 Å². The standard InChI is InChI=1S/C15H15Cl2NO2S/c16-14-6-5-13(7-15(14)17)21(19)9-12-4-3-11(20-12)8-18-10-1-2-10/h3-7,10,18H,1-2,8-9H2. The summed E-state index contributed by atoms with van der Waals surface area (Å²) < 4.78 is 18.0. The summed E-state index contributed by atoms with van der Waals surface area (Å²) in [6.45, 7) is 0.726. The number of rotatable bonds is 6. The average molecular weight is 344 g/mol. The monoisotopic (exact) mass is 343 g/mol. The maximum absolute atomic E-state index is 12.3. The molecule has 3 rings (SSSR count). The number of furan rings is 1. The molecule has 0 bridgehead atoms. The summed E-state index contributed by atoms with van der Waals surface area (Å²) in [5.74, 6) is 1.93. The number of benzene rings is 1. The number of hydrogen-bond acceptors (Lipinski definition) is 3. The predicted molar refractivity (Wildman–Crippen MR) is 85.1 cm³/mol. The third kappa shape index (κ3) is 4.10. The zero-order valence-electron chi connectivity index (χ0n) is 11.3. The molecule has 0 saturated heterocycles. The summed E-state index contributed by atoms with van der Waals surface area (Å²) in [4.78, 5) is 0.651. The Hall–Kier alpha value is -0.810. The van der Waals surface area contributed by atoms with Gasteiger partial charge in [0.2, 0.25) is 0 Å². The molecule has 1 aromatic heterocycles. The van der Waals surface area contributed by atoms with E-state index in [0.717, 1.165) is 12.3 Å². The van der Waals surface area contributed by atoms with E-state index in [9.17, 15) is 4.21 Å². The van der Waals surface area contributed by atoms with E-state index in [0.29, 0.717) is 32.5 Å². The lowest BCUT2D eigenvalue weighted by molar-refractivity contribution is 0.457. The molecule has 0 spiro atoms. The molecule has 1 fully saturated rings. The second-order valence-electron chi connectivity index (χ2n) is 5.09. The Morgan fingerprint density at radius 1 is 1.14 bits per heavy atom. The molecule has 1 N–H and O–H groups in total. The smallest absolute Gasteiger partial charge is 0.118 e. The van der Waals surface area contributed by atoms with Gasteiger partial charge < -0.3 is 9.73 Å². The second kappa shape index (κ2) is 6.53. The Balaban J connectivity index is 1.62. The van der Waals surface area contributed by atoms with Crippen molar-refractivity contribution in [3.05, 3.63) is 51.9 Å². The minimum atomic E-state index is -1.20. The molecule has 1 aliphatic carbocycles. The minimum Gasteiger partial charge on any atom is -0.464 e. The van der Waals surface area contributed by atoms with E-state index in [2.05, 4.69) is 5.32 Å². The molecule has 112 valence electrons. The van der Waals surface area contributed by atoms with Crippen LogP contribution in [0.2, 0.25) is 10.0 Å². The minimum absolute atomic E-state index is 0.335. The van der Waals surface area contributed by atoms with E-state index >= 15 is 0 Å². The van der Waals surface area contributed by atoms with Crippen LogP contribution in [0.4, 0.5) is 0 Å². The van der Waals surface area contributed by atoms with Crippen LogP contribution >= 0.6 is 23.2 Å². The van der Waals surface area contributed by atoms with Crippen LogP contribution in [0.3, 0.4) is 0 Å². The van der Waals surface area contributed by atoms with Crippen molar-refractivity contribution in [3.8, 4) is 0 Å².